The molecule has 2 amide bonds. The summed E-state index contributed by atoms with van der Waals surface area (Å²) in [5.41, 5.74) is 7.05. The van der Waals surface area contributed by atoms with E-state index in [-0.39, 0.29) is 31.0 Å². The summed E-state index contributed by atoms with van der Waals surface area (Å²) in [5.74, 6) is 0.0218. The van der Waals surface area contributed by atoms with Gasteiger partial charge in [-0.1, -0.05) is 35.9 Å². The van der Waals surface area contributed by atoms with Crippen LogP contribution < -0.4 is 15.6 Å². The van der Waals surface area contributed by atoms with Gasteiger partial charge in [0.15, 0.2) is 11.5 Å². The van der Waals surface area contributed by atoms with E-state index in [1.165, 1.54) is 6.07 Å². The highest BCUT2D eigenvalue weighted by Gasteiger charge is 2.15. The van der Waals surface area contributed by atoms with Gasteiger partial charge in [-0.05, 0) is 49.7 Å². The normalized spacial score (nSPS) is 10.4. The molecule has 2 N–H and O–H groups in total. The number of benzene rings is 2. The van der Waals surface area contributed by atoms with Gasteiger partial charge in [-0.3, -0.25) is 25.2 Å². The molecule has 0 aliphatic rings. The SMILES string of the molecule is Cc1ccc(C)c(C(=O)CCC(=O)NNC(=O)c2ccc(COc3ccccc3)o2)c1. The number of aryl methyl sites for hydroxylation is 2. The number of hydrogen-bond acceptors (Lipinski definition) is 5. The zero-order valence-corrected chi connectivity index (χ0v) is 17.4. The zero-order chi connectivity index (χ0) is 22.2. The molecule has 2 aromatic carbocycles. The number of Topliss-reactive ketones (excluding diaryl/α,β-unsaturated/α-hetero) is 1. The second kappa shape index (κ2) is 10.2. The van der Waals surface area contributed by atoms with Crippen LogP contribution in [0.25, 0.3) is 0 Å². The van der Waals surface area contributed by atoms with Crippen LogP contribution in [0.4, 0.5) is 0 Å². The van der Waals surface area contributed by atoms with Gasteiger partial charge in [0.2, 0.25) is 5.91 Å². The molecular weight excluding hydrogens is 396 g/mol. The van der Waals surface area contributed by atoms with Crippen LogP contribution >= 0.6 is 0 Å². The molecule has 0 unspecified atom stereocenters. The van der Waals surface area contributed by atoms with E-state index in [0.717, 1.165) is 11.1 Å². The quantitative estimate of drug-likeness (QED) is 0.425. The van der Waals surface area contributed by atoms with Crippen LogP contribution in [0.3, 0.4) is 0 Å². The average Bonchev–Trinajstić information content (AvgIpc) is 3.26. The molecule has 0 aliphatic carbocycles. The van der Waals surface area contributed by atoms with Crippen LogP contribution in [0.2, 0.25) is 0 Å². The first-order chi connectivity index (χ1) is 14.9. The Morgan fingerprint density at radius 2 is 1.68 bits per heavy atom. The molecule has 0 atom stereocenters. The smallest absolute Gasteiger partial charge is 0.305 e. The van der Waals surface area contributed by atoms with E-state index >= 15 is 0 Å². The molecule has 3 aromatic rings. The highest BCUT2D eigenvalue weighted by atomic mass is 16.5. The lowest BCUT2D eigenvalue weighted by atomic mass is 9.99. The van der Waals surface area contributed by atoms with E-state index in [9.17, 15) is 14.4 Å². The van der Waals surface area contributed by atoms with E-state index in [2.05, 4.69) is 10.9 Å². The van der Waals surface area contributed by atoms with Gasteiger partial charge in [0.05, 0.1) is 0 Å². The van der Waals surface area contributed by atoms with Gasteiger partial charge in [-0.25, -0.2) is 0 Å². The van der Waals surface area contributed by atoms with Crippen LogP contribution in [0.15, 0.2) is 65.1 Å². The molecule has 0 fully saturated rings. The van der Waals surface area contributed by atoms with E-state index < -0.39 is 11.8 Å². The first kappa shape index (κ1) is 21.8. The molecule has 0 saturated carbocycles. The molecule has 0 bridgehead atoms. The van der Waals surface area contributed by atoms with Crippen LogP contribution in [0.5, 0.6) is 5.75 Å². The van der Waals surface area contributed by atoms with Crippen molar-refractivity contribution in [3.8, 4) is 5.75 Å². The summed E-state index contributed by atoms with van der Waals surface area (Å²) in [7, 11) is 0. The van der Waals surface area contributed by atoms with Gasteiger partial charge in [0.1, 0.15) is 18.1 Å². The van der Waals surface area contributed by atoms with Gasteiger partial charge >= 0.3 is 5.91 Å². The summed E-state index contributed by atoms with van der Waals surface area (Å²) in [4.78, 5) is 36.5. The zero-order valence-electron chi connectivity index (χ0n) is 17.4. The molecule has 0 aliphatic heterocycles. The Bertz CT molecular complexity index is 1070. The maximum atomic E-state index is 12.4. The second-order valence-corrected chi connectivity index (χ2v) is 7.11. The van der Waals surface area contributed by atoms with Crippen LogP contribution in [0, 0.1) is 13.8 Å². The van der Waals surface area contributed by atoms with Gasteiger partial charge in [0, 0.05) is 18.4 Å². The predicted octanol–water partition coefficient (Wildman–Crippen LogP) is 3.90. The van der Waals surface area contributed by atoms with Crippen LogP contribution in [0.1, 0.15) is 50.6 Å². The number of para-hydroxylation sites is 1. The Hall–Kier alpha value is -3.87. The third-order valence-electron chi connectivity index (χ3n) is 4.60. The van der Waals surface area contributed by atoms with E-state index in [0.29, 0.717) is 17.1 Å². The van der Waals surface area contributed by atoms with E-state index in [4.69, 9.17) is 9.15 Å². The maximum Gasteiger partial charge on any atom is 0.305 e. The number of hydrazine groups is 1. The van der Waals surface area contributed by atoms with Crippen molar-refractivity contribution < 1.29 is 23.5 Å². The van der Waals surface area contributed by atoms with Crippen molar-refractivity contribution >= 4 is 17.6 Å². The minimum atomic E-state index is -0.597. The Labute approximate surface area is 180 Å². The van der Waals surface area contributed by atoms with Crippen molar-refractivity contribution in [2.45, 2.75) is 33.3 Å². The molecule has 160 valence electrons. The van der Waals surface area contributed by atoms with Gasteiger partial charge in [-0.2, -0.15) is 0 Å². The molecular formula is C24H24N2O5. The van der Waals surface area contributed by atoms with Gasteiger partial charge in [0.25, 0.3) is 0 Å². The Kier molecular flexibility index (Phi) is 7.22. The fourth-order valence-corrected chi connectivity index (χ4v) is 2.90. The lowest BCUT2D eigenvalue weighted by molar-refractivity contribution is -0.121. The van der Waals surface area contributed by atoms with Gasteiger partial charge < -0.3 is 9.15 Å². The minimum absolute atomic E-state index is 0.0402. The molecule has 1 heterocycles. The third-order valence-corrected chi connectivity index (χ3v) is 4.60. The van der Waals surface area contributed by atoms with Crippen LogP contribution in [-0.4, -0.2) is 17.6 Å². The lowest BCUT2D eigenvalue weighted by Gasteiger charge is -2.08. The summed E-state index contributed by atoms with van der Waals surface area (Å²) in [5, 5.41) is 0. The predicted molar refractivity (Wildman–Crippen MR) is 115 cm³/mol. The number of carbonyl (C=O) groups excluding carboxylic acids is 3. The monoisotopic (exact) mass is 420 g/mol. The molecule has 0 saturated heterocycles. The Balaban J connectivity index is 1.43. The summed E-state index contributed by atoms with van der Waals surface area (Å²) >= 11 is 0. The van der Waals surface area contributed by atoms with Gasteiger partial charge in [-0.15, -0.1) is 0 Å². The largest absolute Gasteiger partial charge is 0.486 e. The second-order valence-electron chi connectivity index (χ2n) is 7.11. The topological polar surface area (TPSA) is 97.6 Å². The molecule has 7 nitrogen and oxygen atoms in total. The highest BCUT2D eigenvalue weighted by molar-refractivity contribution is 5.99. The number of rotatable bonds is 8. The fourth-order valence-electron chi connectivity index (χ4n) is 2.90. The number of carbonyl (C=O) groups is 3. The van der Waals surface area contributed by atoms with E-state index in [1.54, 1.807) is 6.07 Å². The highest BCUT2D eigenvalue weighted by Crippen LogP contribution is 2.15. The number of hydrogen-bond donors (Lipinski definition) is 2. The lowest BCUT2D eigenvalue weighted by Crippen LogP contribution is -2.41. The average molecular weight is 420 g/mol. The van der Waals surface area contributed by atoms with Crippen molar-refractivity contribution in [1.82, 2.24) is 10.9 Å². The minimum Gasteiger partial charge on any atom is -0.486 e. The summed E-state index contributed by atoms with van der Waals surface area (Å²) in [6.07, 6.45) is 0.00847. The fraction of sp³-hybridized carbons (Fsp3) is 0.208. The van der Waals surface area contributed by atoms with Crippen molar-refractivity contribution in [3.63, 3.8) is 0 Å². The Morgan fingerprint density at radius 3 is 2.45 bits per heavy atom. The first-order valence-electron chi connectivity index (χ1n) is 9.88. The summed E-state index contributed by atoms with van der Waals surface area (Å²) in [6, 6.07) is 18.0. The standard InChI is InChI=1S/C24H24N2O5/c1-16-8-9-17(2)20(14-16)21(27)11-13-23(28)25-26-24(29)22-12-10-19(31-22)15-30-18-6-4-3-5-7-18/h3-10,12,14H,11,13,15H2,1-2H3,(H,25,28)(H,26,29). The van der Waals surface area contributed by atoms with Crippen molar-refractivity contribution in [3.05, 3.63) is 88.9 Å². The summed E-state index contributed by atoms with van der Waals surface area (Å²) < 4.78 is 11.0. The molecule has 0 spiro atoms. The summed E-state index contributed by atoms with van der Waals surface area (Å²) in [6.45, 7) is 3.94. The van der Waals surface area contributed by atoms with E-state index in [1.807, 2.05) is 62.4 Å². The van der Waals surface area contributed by atoms with Crippen LogP contribution in [-0.2, 0) is 11.4 Å². The molecule has 31 heavy (non-hydrogen) atoms. The maximum absolute atomic E-state index is 12.4. The number of ether oxygens (including phenoxy) is 1. The molecule has 0 radical (unpaired) electrons. The van der Waals surface area contributed by atoms with Crippen molar-refractivity contribution in [2.24, 2.45) is 0 Å². The number of ketones is 1. The Morgan fingerprint density at radius 1 is 0.903 bits per heavy atom. The molecule has 3 rings (SSSR count). The van der Waals surface area contributed by atoms with Crippen molar-refractivity contribution in [1.29, 1.82) is 0 Å². The number of nitrogens with one attached hydrogen (secondary N) is 2. The molecule has 7 heteroatoms. The molecule has 1 aromatic heterocycles. The number of amides is 2. The van der Waals surface area contributed by atoms with Crippen molar-refractivity contribution in [2.75, 3.05) is 0 Å². The first-order valence-corrected chi connectivity index (χ1v) is 9.88. The number of furan rings is 1. The third kappa shape index (κ3) is 6.30.